The number of hydrogen-bond acceptors (Lipinski definition) is 3. The molecule has 1 aliphatic heterocycles. The Hall–Kier alpha value is -2.68. The van der Waals surface area contributed by atoms with Crippen LogP contribution in [0.15, 0.2) is 59.5 Å². The van der Waals surface area contributed by atoms with Crippen LogP contribution in [0.2, 0.25) is 0 Å². The van der Waals surface area contributed by atoms with Gasteiger partial charge in [-0.15, -0.1) is 0 Å². The molecule has 0 saturated carbocycles. The van der Waals surface area contributed by atoms with Gasteiger partial charge in [0.25, 0.3) is 0 Å². The SMILES string of the molecule is C/C=C(\C/C(F)=C\C=C(/C)C(F)(F)F)C(=S)NN(C(C)=O)C1CCOc2ccccc21. The van der Waals surface area contributed by atoms with E-state index in [0.717, 1.165) is 18.6 Å². The Kier molecular flexibility index (Phi) is 8.38. The Morgan fingerprint density at radius 3 is 2.58 bits per heavy atom. The monoisotopic (exact) mass is 456 g/mol. The minimum atomic E-state index is -4.51. The van der Waals surface area contributed by atoms with Crippen LogP contribution in [-0.2, 0) is 4.79 Å². The van der Waals surface area contributed by atoms with Crippen molar-refractivity contribution in [2.45, 2.75) is 45.8 Å². The fourth-order valence-electron chi connectivity index (χ4n) is 3.01. The third kappa shape index (κ3) is 6.65. The number of carbonyl (C=O) groups is 1. The van der Waals surface area contributed by atoms with Crippen LogP contribution < -0.4 is 10.2 Å². The largest absolute Gasteiger partial charge is 0.493 e. The molecule has 0 bridgehead atoms. The summed E-state index contributed by atoms with van der Waals surface area (Å²) < 4.78 is 57.5. The van der Waals surface area contributed by atoms with E-state index in [1.807, 2.05) is 24.3 Å². The second-order valence-electron chi connectivity index (χ2n) is 6.97. The quantitative estimate of drug-likeness (QED) is 0.197. The average molecular weight is 457 g/mol. The molecule has 168 valence electrons. The minimum Gasteiger partial charge on any atom is -0.493 e. The fourth-order valence-corrected chi connectivity index (χ4v) is 3.30. The number of para-hydroxylation sites is 1. The van der Waals surface area contributed by atoms with Crippen LogP contribution in [-0.4, -0.2) is 28.7 Å². The number of carbonyl (C=O) groups excluding carboxylic acids is 1. The Morgan fingerprint density at radius 2 is 1.97 bits per heavy atom. The minimum absolute atomic E-state index is 0.113. The van der Waals surface area contributed by atoms with Crippen LogP contribution in [0.4, 0.5) is 17.6 Å². The maximum atomic E-state index is 14.2. The third-order valence-electron chi connectivity index (χ3n) is 4.76. The van der Waals surface area contributed by atoms with Gasteiger partial charge >= 0.3 is 6.18 Å². The van der Waals surface area contributed by atoms with Gasteiger partial charge in [-0.3, -0.25) is 10.2 Å². The Bertz CT molecular complexity index is 922. The van der Waals surface area contributed by atoms with Crippen molar-refractivity contribution in [1.29, 1.82) is 0 Å². The van der Waals surface area contributed by atoms with E-state index in [4.69, 9.17) is 17.0 Å². The molecule has 0 aliphatic carbocycles. The zero-order valence-corrected chi connectivity index (χ0v) is 18.2. The first-order valence-corrected chi connectivity index (χ1v) is 10.0. The molecule has 0 spiro atoms. The summed E-state index contributed by atoms with van der Waals surface area (Å²) in [4.78, 5) is 12.4. The smallest absolute Gasteiger partial charge is 0.412 e. The zero-order chi connectivity index (χ0) is 23.2. The fraction of sp³-hybridized carbons (Fsp3) is 0.364. The van der Waals surface area contributed by atoms with Crippen molar-refractivity contribution < 1.29 is 27.1 Å². The summed E-state index contributed by atoms with van der Waals surface area (Å²) in [5.74, 6) is -0.407. The number of hydrazine groups is 1. The van der Waals surface area contributed by atoms with Gasteiger partial charge in [0.1, 0.15) is 16.6 Å². The number of hydrogen-bond donors (Lipinski definition) is 1. The van der Waals surface area contributed by atoms with Crippen molar-refractivity contribution in [3.05, 3.63) is 65.0 Å². The molecule has 1 atom stereocenters. The van der Waals surface area contributed by atoms with Gasteiger partial charge < -0.3 is 4.74 Å². The molecule has 1 aliphatic rings. The van der Waals surface area contributed by atoms with E-state index in [-0.39, 0.29) is 23.4 Å². The van der Waals surface area contributed by atoms with Crippen LogP contribution in [0.3, 0.4) is 0 Å². The lowest BCUT2D eigenvalue weighted by atomic mass is 10.00. The molecule has 9 heteroatoms. The summed E-state index contributed by atoms with van der Waals surface area (Å²) in [5.41, 5.74) is 3.12. The number of amides is 1. The van der Waals surface area contributed by atoms with Crippen LogP contribution >= 0.6 is 12.2 Å². The van der Waals surface area contributed by atoms with Crippen LogP contribution in [0, 0.1) is 0 Å². The topological polar surface area (TPSA) is 41.6 Å². The van der Waals surface area contributed by atoms with Gasteiger partial charge in [0, 0.05) is 30.9 Å². The molecule has 31 heavy (non-hydrogen) atoms. The second-order valence-corrected chi connectivity index (χ2v) is 7.38. The first-order chi connectivity index (χ1) is 14.5. The van der Waals surface area contributed by atoms with E-state index in [1.165, 1.54) is 11.9 Å². The van der Waals surface area contributed by atoms with E-state index in [0.29, 0.717) is 30.4 Å². The van der Waals surface area contributed by atoms with Gasteiger partial charge in [-0.05, 0) is 31.6 Å². The molecular weight excluding hydrogens is 432 g/mol. The molecule has 1 aromatic rings. The predicted molar refractivity (Wildman–Crippen MR) is 115 cm³/mol. The van der Waals surface area contributed by atoms with E-state index < -0.39 is 17.6 Å². The summed E-state index contributed by atoms with van der Waals surface area (Å²) >= 11 is 5.36. The van der Waals surface area contributed by atoms with Gasteiger partial charge in [-0.2, -0.15) is 13.2 Å². The first kappa shape index (κ1) is 24.6. The van der Waals surface area contributed by atoms with Gasteiger partial charge in [0.15, 0.2) is 0 Å². The average Bonchev–Trinajstić information content (AvgIpc) is 2.72. The van der Waals surface area contributed by atoms with Gasteiger partial charge in [-0.1, -0.05) is 42.6 Å². The number of fused-ring (bicyclic) bond motifs is 1. The van der Waals surface area contributed by atoms with Gasteiger partial charge in [-0.25, -0.2) is 9.40 Å². The summed E-state index contributed by atoms with van der Waals surface area (Å²) in [5, 5.41) is 1.38. The number of ether oxygens (including phenoxy) is 1. The lowest BCUT2D eigenvalue weighted by Crippen LogP contribution is -2.48. The Morgan fingerprint density at radius 1 is 1.29 bits per heavy atom. The van der Waals surface area contributed by atoms with E-state index in [1.54, 1.807) is 13.0 Å². The number of halogens is 4. The maximum absolute atomic E-state index is 14.2. The van der Waals surface area contributed by atoms with E-state index in [9.17, 15) is 22.4 Å². The lowest BCUT2D eigenvalue weighted by molar-refractivity contribution is -0.134. The van der Waals surface area contributed by atoms with Crippen molar-refractivity contribution >= 4 is 23.1 Å². The maximum Gasteiger partial charge on any atom is 0.412 e. The number of alkyl halides is 3. The molecule has 1 N–H and O–H groups in total. The van der Waals surface area contributed by atoms with Crippen molar-refractivity contribution in [3.8, 4) is 5.75 Å². The number of nitrogens with one attached hydrogen (secondary N) is 1. The van der Waals surface area contributed by atoms with Crippen molar-refractivity contribution in [2.75, 3.05) is 6.61 Å². The second kappa shape index (κ2) is 10.6. The molecule has 1 amide bonds. The highest BCUT2D eigenvalue weighted by molar-refractivity contribution is 7.80. The molecule has 1 unspecified atom stereocenters. The highest BCUT2D eigenvalue weighted by atomic mass is 32.1. The standard InChI is InChI=1S/C22H24F4N2O2S/c1-4-16(13-17(23)10-9-14(2)22(24,25)26)21(31)27-28(15(3)29)19-11-12-30-20-8-6-5-7-18(19)20/h4-10,19H,11-13H2,1-3H3,(H,27,31)/b14-9+,16-4+,17-10+. The Labute approximate surface area is 184 Å². The number of allylic oxidation sites excluding steroid dienone is 5. The number of nitrogens with zero attached hydrogens (tertiary/aromatic N) is 1. The molecule has 0 radical (unpaired) electrons. The summed E-state index contributed by atoms with van der Waals surface area (Å²) in [7, 11) is 0. The normalized spacial score (nSPS) is 17.5. The highest BCUT2D eigenvalue weighted by Gasteiger charge is 2.30. The van der Waals surface area contributed by atoms with Crippen LogP contribution in [0.1, 0.15) is 45.2 Å². The molecule has 4 nitrogen and oxygen atoms in total. The Balaban J connectivity index is 2.16. The summed E-state index contributed by atoms with van der Waals surface area (Å²) in [6.45, 7) is 4.30. The first-order valence-electron chi connectivity index (χ1n) is 9.62. The molecule has 0 aromatic heterocycles. The van der Waals surface area contributed by atoms with Crippen molar-refractivity contribution in [1.82, 2.24) is 10.4 Å². The van der Waals surface area contributed by atoms with Gasteiger partial charge in [0.2, 0.25) is 5.91 Å². The molecule has 1 heterocycles. The van der Waals surface area contributed by atoms with Crippen LogP contribution in [0.25, 0.3) is 0 Å². The molecule has 0 saturated heterocycles. The van der Waals surface area contributed by atoms with E-state index >= 15 is 0 Å². The third-order valence-corrected chi connectivity index (χ3v) is 5.11. The summed E-state index contributed by atoms with van der Waals surface area (Å²) in [6, 6.07) is 7.00. The molecule has 1 aromatic carbocycles. The number of benzene rings is 1. The van der Waals surface area contributed by atoms with Crippen LogP contribution in [0.5, 0.6) is 5.75 Å². The zero-order valence-electron chi connectivity index (χ0n) is 17.4. The molecular formula is C22H24F4N2O2S. The molecule has 2 rings (SSSR count). The summed E-state index contributed by atoms with van der Waals surface area (Å²) in [6.07, 6.45) is -1.28. The highest BCUT2D eigenvalue weighted by Crippen LogP contribution is 2.35. The lowest BCUT2D eigenvalue weighted by Gasteiger charge is -2.35. The predicted octanol–water partition coefficient (Wildman–Crippen LogP) is 5.89. The van der Waals surface area contributed by atoms with E-state index in [2.05, 4.69) is 5.43 Å². The molecule has 0 fully saturated rings. The van der Waals surface area contributed by atoms with Crippen molar-refractivity contribution in [3.63, 3.8) is 0 Å². The number of rotatable bonds is 5. The van der Waals surface area contributed by atoms with Gasteiger partial charge in [0.05, 0.1) is 12.6 Å². The number of thiocarbonyl (C=S) groups is 1. The van der Waals surface area contributed by atoms with Crippen molar-refractivity contribution in [2.24, 2.45) is 0 Å².